The van der Waals surface area contributed by atoms with E-state index in [1.165, 1.54) is 0 Å². The molecule has 0 aliphatic heterocycles. The molecular weight excluding hydrogens is 270 g/mol. The summed E-state index contributed by atoms with van der Waals surface area (Å²) in [6.07, 6.45) is 0.229. The normalized spacial score (nSPS) is 12.5. The molecule has 0 aliphatic rings. The Kier molecular flexibility index (Phi) is 8.12. The second kappa shape index (κ2) is 9.60. The number of likely N-dealkylation sites (N-methyl/N-ethyl adjacent to an activating group) is 1. The van der Waals surface area contributed by atoms with Crippen molar-refractivity contribution in [3.63, 3.8) is 0 Å². The first-order chi connectivity index (χ1) is 10.1. The average molecular weight is 297 g/mol. The Morgan fingerprint density at radius 1 is 1.10 bits per heavy atom. The van der Waals surface area contributed by atoms with Gasteiger partial charge in [-0.3, -0.25) is 0 Å². The molecule has 5 heteroatoms. The number of hydrogen-bond acceptors (Lipinski definition) is 5. The zero-order valence-electron chi connectivity index (χ0n) is 13.6. The summed E-state index contributed by atoms with van der Waals surface area (Å²) in [4.78, 5) is 0. The first kappa shape index (κ1) is 17.8. The summed E-state index contributed by atoms with van der Waals surface area (Å²) >= 11 is 0. The molecule has 21 heavy (non-hydrogen) atoms. The van der Waals surface area contributed by atoms with Crippen LogP contribution >= 0.6 is 0 Å². The second-order valence-corrected chi connectivity index (χ2v) is 4.94. The number of hydrogen-bond donors (Lipinski definition) is 1. The van der Waals surface area contributed by atoms with E-state index in [2.05, 4.69) is 5.32 Å². The lowest BCUT2D eigenvalue weighted by Gasteiger charge is -2.20. The van der Waals surface area contributed by atoms with Crippen LogP contribution < -0.4 is 14.8 Å². The van der Waals surface area contributed by atoms with Crippen LogP contribution in [0.1, 0.15) is 25.5 Å². The van der Waals surface area contributed by atoms with E-state index in [1.54, 1.807) is 14.2 Å². The SMILES string of the molecule is CNC(COCCOC(C)C)c1cc(OC)ccc1OC. The van der Waals surface area contributed by atoms with E-state index >= 15 is 0 Å². The van der Waals surface area contributed by atoms with Gasteiger partial charge in [0.25, 0.3) is 0 Å². The fraction of sp³-hybridized carbons (Fsp3) is 0.625. The molecule has 5 nitrogen and oxygen atoms in total. The first-order valence-corrected chi connectivity index (χ1v) is 7.20. The van der Waals surface area contributed by atoms with Crippen molar-refractivity contribution in [2.75, 3.05) is 41.1 Å². The van der Waals surface area contributed by atoms with Crippen LogP contribution in [-0.4, -0.2) is 47.2 Å². The van der Waals surface area contributed by atoms with Crippen molar-refractivity contribution in [1.82, 2.24) is 5.32 Å². The molecule has 0 fully saturated rings. The van der Waals surface area contributed by atoms with Gasteiger partial charge >= 0.3 is 0 Å². The molecule has 1 aromatic carbocycles. The maximum atomic E-state index is 5.68. The summed E-state index contributed by atoms with van der Waals surface area (Å²) in [5.74, 6) is 1.62. The monoisotopic (exact) mass is 297 g/mol. The van der Waals surface area contributed by atoms with Crippen molar-refractivity contribution in [1.29, 1.82) is 0 Å². The van der Waals surface area contributed by atoms with E-state index in [-0.39, 0.29) is 12.1 Å². The minimum absolute atomic E-state index is 0.0362. The van der Waals surface area contributed by atoms with E-state index in [9.17, 15) is 0 Å². The summed E-state index contributed by atoms with van der Waals surface area (Å²) < 4.78 is 21.8. The molecule has 1 aromatic rings. The summed E-state index contributed by atoms with van der Waals surface area (Å²) in [7, 11) is 5.21. The number of nitrogens with one attached hydrogen (secondary N) is 1. The molecule has 0 amide bonds. The average Bonchev–Trinajstić information content (AvgIpc) is 2.50. The van der Waals surface area contributed by atoms with Gasteiger partial charge in [-0.05, 0) is 39.1 Å². The Balaban J connectivity index is 2.62. The molecule has 0 aromatic heterocycles. The van der Waals surface area contributed by atoms with Crippen LogP contribution in [0.2, 0.25) is 0 Å². The standard InChI is InChI=1S/C16H27NO4/c1-12(2)21-9-8-20-11-15(17-3)14-10-13(18-4)6-7-16(14)19-5/h6-7,10,12,15,17H,8-9,11H2,1-5H3. The number of benzene rings is 1. The van der Waals surface area contributed by atoms with Gasteiger partial charge in [-0.2, -0.15) is 0 Å². The van der Waals surface area contributed by atoms with Crippen LogP contribution in [0, 0.1) is 0 Å². The summed E-state index contributed by atoms with van der Waals surface area (Å²) in [5, 5.41) is 3.24. The van der Waals surface area contributed by atoms with Crippen LogP contribution in [-0.2, 0) is 9.47 Å². The van der Waals surface area contributed by atoms with E-state index in [0.717, 1.165) is 17.1 Å². The molecule has 120 valence electrons. The predicted molar refractivity (Wildman–Crippen MR) is 83.3 cm³/mol. The fourth-order valence-electron chi connectivity index (χ4n) is 1.98. The molecular formula is C16H27NO4. The van der Waals surface area contributed by atoms with Crippen LogP contribution in [0.15, 0.2) is 18.2 Å². The smallest absolute Gasteiger partial charge is 0.123 e. The number of ether oxygens (including phenoxy) is 4. The molecule has 0 bridgehead atoms. The van der Waals surface area contributed by atoms with Crippen molar-refractivity contribution in [2.45, 2.75) is 26.0 Å². The number of rotatable bonds is 10. The summed E-state index contributed by atoms with van der Waals surface area (Å²) in [6, 6.07) is 5.79. The third-order valence-electron chi connectivity index (χ3n) is 3.12. The molecule has 0 saturated heterocycles. The van der Waals surface area contributed by atoms with Gasteiger partial charge in [-0.25, -0.2) is 0 Å². The Morgan fingerprint density at radius 3 is 2.43 bits per heavy atom. The van der Waals surface area contributed by atoms with Crippen molar-refractivity contribution < 1.29 is 18.9 Å². The Hall–Kier alpha value is -1.30. The largest absolute Gasteiger partial charge is 0.497 e. The minimum atomic E-state index is 0.0362. The van der Waals surface area contributed by atoms with Crippen LogP contribution in [0.5, 0.6) is 11.5 Å². The molecule has 1 N–H and O–H groups in total. The van der Waals surface area contributed by atoms with Gasteiger partial charge in [-0.1, -0.05) is 0 Å². The zero-order chi connectivity index (χ0) is 15.7. The summed E-state index contributed by atoms with van der Waals surface area (Å²) in [5.41, 5.74) is 1.02. The van der Waals surface area contributed by atoms with Gasteiger partial charge in [0.15, 0.2) is 0 Å². The van der Waals surface area contributed by atoms with E-state index < -0.39 is 0 Å². The molecule has 1 unspecified atom stereocenters. The van der Waals surface area contributed by atoms with E-state index in [1.807, 2.05) is 39.1 Å². The maximum Gasteiger partial charge on any atom is 0.123 e. The molecule has 0 saturated carbocycles. The highest BCUT2D eigenvalue weighted by Gasteiger charge is 2.15. The zero-order valence-corrected chi connectivity index (χ0v) is 13.6. The van der Waals surface area contributed by atoms with Crippen molar-refractivity contribution in [3.8, 4) is 11.5 Å². The second-order valence-electron chi connectivity index (χ2n) is 4.94. The summed E-state index contributed by atoms with van der Waals surface area (Å²) in [6.45, 7) is 5.74. The third-order valence-corrected chi connectivity index (χ3v) is 3.12. The van der Waals surface area contributed by atoms with Crippen molar-refractivity contribution in [3.05, 3.63) is 23.8 Å². The quantitative estimate of drug-likeness (QED) is 0.672. The van der Waals surface area contributed by atoms with Gasteiger partial charge < -0.3 is 24.3 Å². The minimum Gasteiger partial charge on any atom is -0.497 e. The predicted octanol–water partition coefficient (Wildman–Crippen LogP) is 2.41. The Morgan fingerprint density at radius 2 is 1.86 bits per heavy atom. The molecule has 0 radical (unpaired) electrons. The maximum absolute atomic E-state index is 5.68. The lowest BCUT2D eigenvalue weighted by Crippen LogP contribution is -2.23. The van der Waals surface area contributed by atoms with Crippen LogP contribution in [0.3, 0.4) is 0 Å². The topological polar surface area (TPSA) is 49.0 Å². The van der Waals surface area contributed by atoms with Gasteiger partial charge in [0.2, 0.25) is 0 Å². The van der Waals surface area contributed by atoms with Gasteiger partial charge in [0, 0.05) is 5.56 Å². The van der Waals surface area contributed by atoms with Crippen LogP contribution in [0.4, 0.5) is 0 Å². The van der Waals surface area contributed by atoms with Crippen molar-refractivity contribution >= 4 is 0 Å². The molecule has 0 spiro atoms. The van der Waals surface area contributed by atoms with E-state index in [0.29, 0.717) is 19.8 Å². The lowest BCUT2D eigenvalue weighted by atomic mass is 10.1. The van der Waals surface area contributed by atoms with Crippen molar-refractivity contribution in [2.24, 2.45) is 0 Å². The third kappa shape index (κ3) is 5.91. The Bertz CT molecular complexity index is 409. The Labute approximate surface area is 127 Å². The highest BCUT2D eigenvalue weighted by molar-refractivity contribution is 5.42. The van der Waals surface area contributed by atoms with Gasteiger partial charge in [0.05, 0.1) is 46.2 Å². The molecule has 0 aliphatic carbocycles. The van der Waals surface area contributed by atoms with Crippen LogP contribution in [0.25, 0.3) is 0 Å². The van der Waals surface area contributed by atoms with E-state index in [4.69, 9.17) is 18.9 Å². The molecule has 1 rings (SSSR count). The highest BCUT2D eigenvalue weighted by atomic mass is 16.5. The van der Waals surface area contributed by atoms with Gasteiger partial charge in [-0.15, -0.1) is 0 Å². The molecule has 0 heterocycles. The number of methoxy groups -OCH3 is 2. The van der Waals surface area contributed by atoms with Gasteiger partial charge in [0.1, 0.15) is 11.5 Å². The first-order valence-electron chi connectivity index (χ1n) is 7.20. The highest BCUT2D eigenvalue weighted by Crippen LogP contribution is 2.29. The molecule has 1 atom stereocenters. The fourth-order valence-corrected chi connectivity index (χ4v) is 1.98. The lowest BCUT2D eigenvalue weighted by molar-refractivity contribution is 0.0140.